The summed E-state index contributed by atoms with van der Waals surface area (Å²) >= 11 is 0. The SMILES string of the molecule is NC(=O)C[NH+]1CCN(S(=O)(=O)c2ccccc2)CC1. The van der Waals surface area contributed by atoms with Gasteiger partial charge in [-0.25, -0.2) is 8.42 Å². The third-order valence-electron chi connectivity index (χ3n) is 3.23. The molecule has 3 N–H and O–H groups in total. The van der Waals surface area contributed by atoms with Gasteiger partial charge in [-0.05, 0) is 12.1 Å². The molecule has 1 saturated heterocycles. The van der Waals surface area contributed by atoms with Gasteiger partial charge in [0, 0.05) is 0 Å². The van der Waals surface area contributed by atoms with Gasteiger partial charge in [0.15, 0.2) is 6.54 Å². The number of primary amides is 1. The van der Waals surface area contributed by atoms with Crippen LogP contribution >= 0.6 is 0 Å². The molecule has 1 aliphatic rings. The number of nitrogens with two attached hydrogens (primary N) is 1. The summed E-state index contributed by atoms with van der Waals surface area (Å²) < 4.78 is 26.1. The Kier molecular flexibility index (Phi) is 4.18. The number of hydrogen-bond acceptors (Lipinski definition) is 3. The Labute approximate surface area is 112 Å². The van der Waals surface area contributed by atoms with Gasteiger partial charge in [0.25, 0.3) is 5.91 Å². The van der Waals surface area contributed by atoms with E-state index in [-0.39, 0.29) is 12.5 Å². The summed E-state index contributed by atoms with van der Waals surface area (Å²) in [5.41, 5.74) is 5.14. The molecule has 1 aromatic carbocycles. The largest absolute Gasteiger partial charge is 0.365 e. The van der Waals surface area contributed by atoms with Crippen LogP contribution in [0.1, 0.15) is 0 Å². The predicted molar refractivity (Wildman–Crippen MR) is 70.0 cm³/mol. The van der Waals surface area contributed by atoms with Gasteiger partial charge in [-0.15, -0.1) is 0 Å². The summed E-state index contributed by atoms with van der Waals surface area (Å²) in [4.78, 5) is 12.2. The fraction of sp³-hybridized carbons (Fsp3) is 0.417. The number of nitrogens with zero attached hydrogens (tertiary/aromatic N) is 1. The Morgan fingerprint density at radius 2 is 1.79 bits per heavy atom. The van der Waals surface area contributed by atoms with E-state index in [0.717, 1.165) is 4.90 Å². The van der Waals surface area contributed by atoms with Crippen LogP contribution < -0.4 is 10.6 Å². The van der Waals surface area contributed by atoms with Gasteiger partial charge in [0.1, 0.15) is 0 Å². The molecule has 0 radical (unpaired) electrons. The number of amides is 1. The lowest BCUT2D eigenvalue weighted by Gasteiger charge is -2.30. The topological polar surface area (TPSA) is 84.9 Å². The fourth-order valence-electron chi connectivity index (χ4n) is 2.21. The van der Waals surface area contributed by atoms with Crippen LogP contribution in [0.3, 0.4) is 0 Å². The maximum absolute atomic E-state index is 12.3. The van der Waals surface area contributed by atoms with Crippen molar-refractivity contribution in [2.45, 2.75) is 4.90 Å². The molecule has 104 valence electrons. The highest BCUT2D eigenvalue weighted by molar-refractivity contribution is 7.89. The molecule has 0 aromatic heterocycles. The number of carbonyl (C=O) groups is 1. The highest BCUT2D eigenvalue weighted by Gasteiger charge is 2.30. The van der Waals surface area contributed by atoms with E-state index < -0.39 is 10.0 Å². The molecule has 0 saturated carbocycles. The summed E-state index contributed by atoms with van der Waals surface area (Å²) in [5.74, 6) is -0.352. The second-order valence-corrected chi connectivity index (χ2v) is 6.55. The van der Waals surface area contributed by atoms with Crippen molar-refractivity contribution in [2.24, 2.45) is 5.73 Å². The van der Waals surface area contributed by atoms with Crippen molar-refractivity contribution in [1.82, 2.24) is 4.31 Å². The molecule has 0 aliphatic carbocycles. The molecule has 0 bridgehead atoms. The third-order valence-corrected chi connectivity index (χ3v) is 5.15. The van der Waals surface area contributed by atoms with Gasteiger partial charge in [0.2, 0.25) is 10.0 Å². The molecule has 0 spiro atoms. The van der Waals surface area contributed by atoms with E-state index >= 15 is 0 Å². The van der Waals surface area contributed by atoms with Gasteiger partial charge < -0.3 is 10.6 Å². The summed E-state index contributed by atoms with van der Waals surface area (Å²) in [6.07, 6.45) is 0. The van der Waals surface area contributed by atoms with E-state index in [4.69, 9.17) is 5.73 Å². The first kappa shape index (κ1) is 14.0. The standard InChI is InChI=1S/C12H17N3O3S/c13-12(16)10-14-6-8-15(9-7-14)19(17,18)11-4-2-1-3-5-11/h1-5H,6-10H2,(H2,13,16)/p+1. The van der Waals surface area contributed by atoms with Crippen molar-refractivity contribution in [3.8, 4) is 0 Å². The zero-order valence-corrected chi connectivity index (χ0v) is 11.4. The molecule has 1 fully saturated rings. The molecule has 2 rings (SSSR count). The first-order valence-electron chi connectivity index (χ1n) is 6.17. The molecular formula is C12H18N3O3S+. The fourth-order valence-corrected chi connectivity index (χ4v) is 3.67. The Balaban J connectivity index is 2.03. The summed E-state index contributed by atoms with van der Waals surface area (Å²) in [6.45, 7) is 2.31. The molecule has 1 heterocycles. The molecule has 0 atom stereocenters. The number of rotatable bonds is 4. The average Bonchev–Trinajstić information content (AvgIpc) is 2.40. The predicted octanol–water partition coefficient (Wildman–Crippen LogP) is -1.94. The molecule has 6 nitrogen and oxygen atoms in total. The van der Waals surface area contributed by atoms with E-state index in [1.807, 2.05) is 0 Å². The minimum Gasteiger partial charge on any atom is -0.365 e. The lowest BCUT2D eigenvalue weighted by molar-refractivity contribution is -0.895. The van der Waals surface area contributed by atoms with Crippen LogP contribution in [0.15, 0.2) is 35.2 Å². The van der Waals surface area contributed by atoms with Gasteiger partial charge in [-0.3, -0.25) is 4.79 Å². The highest BCUT2D eigenvalue weighted by Crippen LogP contribution is 2.14. The number of nitrogens with one attached hydrogen (secondary N) is 1. The summed E-state index contributed by atoms with van der Waals surface area (Å²) in [5, 5.41) is 0. The second kappa shape index (κ2) is 5.68. The Morgan fingerprint density at radius 1 is 1.21 bits per heavy atom. The van der Waals surface area contributed by atoms with Crippen molar-refractivity contribution in [3.05, 3.63) is 30.3 Å². The minimum atomic E-state index is -3.41. The number of piperazine rings is 1. The molecule has 19 heavy (non-hydrogen) atoms. The van der Waals surface area contributed by atoms with E-state index in [1.54, 1.807) is 30.3 Å². The zero-order chi connectivity index (χ0) is 13.9. The van der Waals surface area contributed by atoms with E-state index in [2.05, 4.69) is 0 Å². The molecule has 7 heteroatoms. The number of benzene rings is 1. The van der Waals surface area contributed by atoms with Crippen LogP contribution in [0.4, 0.5) is 0 Å². The Hall–Kier alpha value is -1.44. The third kappa shape index (κ3) is 3.31. The van der Waals surface area contributed by atoms with Gasteiger partial charge >= 0.3 is 0 Å². The first-order valence-corrected chi connectivity index (χ1v) is 7.61. The van der Waals surface area contributed by atoms with Crippen LogP contribution in [0.25, 0.3) is 0 Å². The van der Waals surface area contributed by atoms with Crippen molar-refractivity contribution >= 4 is 15.9 Å². The van der Waals surface area contributed by atoms with Gasteiger partial charge in [-0.1, -0.05) is 18.2 Å². The van der Waals surface area contributed by atoms with Crippen LogP contribution in [-0.4, -0.2) is 51.4 Å². The van der Waals surface area contributed by atoms with Crippen LogP contribution in [-0.2, 0) is 14.8 Å². The summed E-state index contributed by atoms with van der Waals surface area (Å²) in [7, 11) is -3.41. The van der Waals surface area contributed by atoms with Crippen molar-refractivity contribution < 1.29 is 18.1 Å². The number of sulfonamides is 1. The molecule has 1 amide bonds. The van der Waals surface area contributed by atoms with Crippen LogP contribution in [0.5, 0.6) is 0 Å². The zero-order valence-electron chi connectivity index (χ0n) is 10.6. The average molecular weight is 284 g/mol. The maximum atomic E-state index is 12.3. The number of hydrogen-bond donors (Lipinski definition) is 2. The molecule has 1 aliphatic heterocycles. The van der Waals surface area contributed by atoms with Gasteiger partial charge in [0.05, 0.1) is 31.1 Å². The van der Waals surface area contributed by atoms with Crippen molar-refractivity contribution in [1.29, 1.82) is 0 Å². The van der Waals surface area contributed by atoms with Crippen molar-refractivity contribution in [2.75, 3.05) is 32.7 Å². The molecule has 1 aromatic rings. The van der Waals surface area contributed by atoms with Gasteiger partial charge in [-0.2, -0.15) is 4.31 Å². The smallest absolute Gasteiger partial charge is 0.272 e. The van der Waals surface area contributed by atoms with E-state index in [9.17, 15) is 13.2 Å². The Bertz CT molecular complexity index is 537. The van der Waals surface area contributed by atoms with E-state index in [1.165, 1.54) is 4.31 Å². The highest BCUT2D eigenvalue weighted by atomic mass is 32.2. The monoisotopic (exact) mass is 284 g/mol. The molecule has 0 unspecified atom stereocenters. The minimum absolute atomic E-state index is 0.263. The lowest BCUT2D eigenvalue weighted by atomic mass is 10.3. The summed E-state index contributed by atoms with van der Waals surface area (Å²) in [6, 6.07) is 8.40. The quantitative estimate of drug-likeness (QED) is 0.675. The number of carbonyl (C=O) groups excluding carboxylic acids is 1. The van der Waals surface area contributed by atoms with Crippen LogP contribution in [0.2, 0.25) is 0 Å². The van der Waals surface area contributed by atoms with E-state index in [0.29, 0.717) is 31.1 Å². The first-order chi connectivity index (χ1) is 9.00. The maximum Gasteiger partial charge on any atom is 0.272 e. The normalized spacial score (nSPS) is 18.3. The lowest BCUT2D eigenvalue weighted by Crippen LogP contribution is -3.15. The Morgan fingerprint density at radius 3 is 2.32 bits per heavy atom. The van der Waals surface area contributed by atoms with Crippen molar-refractivity contribution in [3.63, 3.8) is 0 Å². The van der Waals surface area contributed by atoms with Crippen LogP contribution in [0, 0.1) is 0 Å². The number of quaternary nitrogens is 1. The second-order valence-electron chi connectivity index (χ2n) is 4.61. The molecular weight excluding hydrogens is 266 g/mol.